The molecule has 0 aliphatic rings. The van der Waals surface area contributed by atoms with Crippen molar-refractivity contribution in [3.8, 4) is 6.07 Å². The quantitative estimate of drug-likeness (QED) is 0.792. The Balaban J connectivity index is 1.96. The van der Waals surface area contributed by atoms with Crippen molar-refractivity contribution < 1.29 is 4.79 Å². The number of rotatable bonds is 4. The van der Waals surface area contributed by atoms with Gasteiger partial charge in [0.2, 0.25) is 0 Å². The molecule has 6 heteroatoms. The van der Waals surface area contributed by atoms with E-state index in [9.17, 15) is 4.79 Å². The Bertz CT molecular complexity index is 651. The lowest BCUT2D eigenvalue weighted by Gasteiger charge is -2.06. The van der Waals surface area contributed by atoms with Crippen LogP contribution in [-0.2, 0) is 13.6 Å². The van der Waals surface area contributed by atoms with Crippen molar-refractivity contribution in [3.63, 3.8) is 0 Å². The van der Waals surface area contributed by atoms with Crippen LogP contribution in [0, 0.1) is 11.3 Å². The highest BCUT2D eigenvalue weighted by atomic mass is 16.2. The van der Waals surface area contributed by atoms with E-state index in [1.165, 1.54) is 0 Å². The molecule has 1 aromatic carbocycles. The lowest BCUT2D eigenvalue weighted by Crippen LogP contribution is -2.19. The van der Waals surface area contributed by atoms with Gasteiger partial charge in [-0.3, -0.25) is 0 Å². The van der Waals surface area contributed by atoms with E-state index in [1.807, 2.05) is 31.4 Å². The number of urea groups is 1. The van der Waals surface area contributed by atoms with Crippen LogP contribution >= 0.6 is 0 Å². The number of carbonyl (C=O) groups is 1. The molecule has 2 rings (SSSR count). The minimum Gasteiger partial charge on any atom is -0.381 e. The van der Waals surface area contributed by atoms with Crippen LogP contribution in [0.2, 0.25) is 0 Å². The highest BCUT2D eigenvalue weighted by Gasteiger charge is 2.02. The summed E-state index contributed by atoms with van der Waals surface area (Å²) in [4.78, 5) is 10.7. The van der Waals surface area contributed by atoms with E-state index in [0.717, 1.165) is 11.3 Å². The number of hydrogen-bond acceptors (Lipinski definition) is 3. The molecular formula is C14H15N5O. The van der Waals surface area contributed by atoms with Crippen LogP contribution in [0.4, 0.5) is 16.2 Å². The average Bonchev–Trinajstić information content (AvgIpc) is 2.78. The minimum absolute atomic E-state index is 0.584. The molecule has 1 aromatic heterocycles. The van der Waals surface area contributed by atoms with E-state index >= 15 is 0 Å². The number of anilines is 2. The van der Waals surface area contributed by atoms with Crippen LogP contribution < -0.4 is 16.4 Å². The molecule has 0 atom stereocenters. The zero-order valence-electron chi connectivity index (χ0n) is 11.1. The van der Waals surface area contributed by atoms with Gasteiger partial charge in [0.25, 0.3) is 0 Å². The van der Waals surface area contributed by atoms with Gasteiger partial charge in [0, 0.05) is 31.2 Å². The summed E-state index contributed by atoms with van der Waals surface area (Å²) >= 11 is 0. The monoisotopic (exact) mass is 269 g/mol. The van der Waals surface area contributed by atoms with Crippen LogP contribution in [0.15, 0.2) is 36.5 Å². The van der Waals surface area contributed by atoms with Gasteiger partial charge in [0.1, 0.15) is 11.8 Å². The van der Waals surface area contributed by atoms with Crippen molar-refractivity contribution in [2.45, 2.75) is 6.54 Å². The van der Waals surface area contributed by atoms with Gasteiger partial charge in [-0.2, -0.15) is 5.26 Å². The summed E-state index contributed by atoms with van der Waals surface area (Å²) in [7, 11) is 1.84. The third-order valence-electron chi connectivity index (χ3n) is 2.83. The Morgan fingerprint density at radius 1 is 1.35 bits per heavy atom. The second-order valence-electron chi connectivity index (χ2n) is 4.38. The molecule has 6 nitrogen and oxygen atoms in total. The van der Waals surface area contributed by atoms with E-state index in [1.54, 1.807) is 16.7 Å². The molecule has 0 aliphatic carbocycles. The number of nitrogens with two attached hydrogens (primary N) is 1. The fourth-order valence-corrected chi connectivity index (χ4v) is 1.86. The third kappa shape index (κ3) is 3.29. The van der Waals surface area contributed by atoms with Crippen LogP contribution in [0.25, 0.3) is 0 Å². The zero-order valence-corrected chi connectivity index (χ0v) is 11.1. The zero-order chi connectivity index (χ0) is 14.5. The Morgan fingerprint density at radius 2 is 2.00 bits per heavy atom. The molecule has 1 heterocycles. The molecule has 2 amide bonds. The topological polar surface area (TPSA) is 95.9 Å². The van der Waals surface area contributed by atoms with Crippen LogP contribution in [0.5, 0.6) is 0 Å². The van der Waals surface area contributed by atoms with Crippen molar-refractivity contribution in [3.05, 3.63) is 47.8 Å². The molecule has 0 aliphatic heterocycles. The van der Waals surface area contributed by atoms with Crippen molar-refractivity contribution in [2.24, 2.45) is 12.8 Å². The smallest absolute Gasteiger partial charge is 0.316 e. The molecule has 0 radical (unpaired) electrons. The van der Waals surface area contributed by atoms with E-state index in [-0.39, 0.29) is 0 Å². The van der Waals surface area contributed by atoms with Gasteiger partial charge in [-0.25, -0.2) is 4.79 Å². The predicted octanol–water partition coefficient (Wildman–Crippen LogP) is 2.00. The molecule has 4 N–H and O–H groups in total. The van der Waals surface area contributed by atoms with Gasteiger partial charge in [0.15, 0.2) is 0 Å². The number of aromatic nitrogens is 1. The van der Waals surface area contributed by atoms with Gasteiger partial charge in [-0.1, -0.05) is 0 Å². The lowest BCUT2D eigenvalue weighted by molar-refractivity contribution is 0.259. The minimum atomic E-state index is -0.584. The number of aryl methyl sites for hydroxylation is 1. The highest BCUT2D eigenvalue weighted by Crippen LogP contribution is 2.15. The van der Waals surface area contributed by atoms with Crippen molar-refractivity contribution in [1.29, 1.82) is 5.26 Å². The summed E-state index contributed by atoms with van der Waals surface area (Å²) < 4.78 is 1.79. The molecular weight excluding hydrogens is 254 g/mol. The third-order valence-corrected chi connectivity index (χ3v) is 2.83. The first kappa shape index (κ1) is 13.5. The van der Waals surface area contributed by atoms with Gasteiger partial charge in [0.05, 0.1) is 0 Å². The maximum Gasteiger partial charge on any atom is 0.316 e. The maximum absolute atomic E-state index is 10.7. The van der Waals surface area contributed by atoms with Crippen LogP contribution in [0.3, 0.4) is 0 Å². The van der Waals surface area contributed by atoms with Gasteiger partial charge < -0.3 is 20.9 Å². The fourth-order valence-electron chi connectivity index (χ4n) is 1.86. The number of primary amides is 1. The summed E-state index contributed by atoms with van der Waals surface area (Å²) in [5.41, 5.74) is 8.26. The molecule has 20 heavy (non-hydrogen) atoms. The standard InChI is InChI=1S/C14H15N5O/c1-19-9-10(6-13(19)7-15)8-17-11-2-4-12(5-3-11)18-14(16)20/h2-6,9,17H,8H2,1H3,(H3,16,18,20). The molecule has 0 spiro atoms. The summed E-state index contributed by atoms with van der Waals surface area (Å²) in [6, 6.07) is 10.6. The molecule has 0 bridgehead atoms. The van der Waals surface area contributed by atoms with Crippen molar-refractivity contribution >= 4 is 17.4 Å². The summed E-state index contributed by atoms with van der Waals surface area (Å²) in [5, 5.41) is 14.6. The first-order valence-electron chi connectivity index (χ1n) is 6.04. The maximum atomic E-state index is 10.7. The Hall–Kier alpha value is -2.94. The molecule has 0 saturated carbocycles. The van der Waals surface area contributed by atoms with Crippen LogP contribution in [-0.4, -0.2) is 10.6 Å². The average molecular weight is 269 g/mol. The molecule has 0 unspecified atom stereocenters. The van der Waals surface area contributed by atoms with E-state index in [4.69, 9.17) is 11.0 Å². The molecule has 0 saturated heterocycles. The normalized spacial score (nSPS) is 9.80. The van der Waals surface area contributed by atoms with E-state index in [2.05, 4.69) is 16.7 Å². The van der Waals surface area contributed by atoms with Crippen molar-refractivity contribution in [1.82, 2.24) is 4.57 Å². The predicted molar refractivity (Wildman–Crippen MR) is 77.1 cm³/mol. The number of carbonyl (C=O) groups excluding carboxylic acids is 1. The van der Waals surface area contributed by atoms with E-state index in [0.29, 0.717) is 17.9 Å². The number of benzene rings is 1. The first-order valence-corrected chi connectivity index (χ1v) is 6.04. The lowest BCUT2D eigenvalue weighted by atomic mass is 10.2. The molecule has 0 fully saturated rings. The SMILES string of the molecule is Cn1cc(CNc2ccc(NC(N)=O)cc2)cc1C#N. The Kier molecular flexibility index (Phi) is 3.91. The molecule has 102 valence electrons. The molecule has 2 aromatic rings. The second kappa shape index (κ2) is 5.80. The number of amides is 2. The second-order valence-corrected chi connectivity index (χ2v) is 4.38. The number of nitrogens with zero attached hydrogens (tertiary/aromatic N) is 2. The first-order chi connectivity index (χ1) is 9.58. The highest BCUT2D eigenvalue weighted by molar-refractivity contribution is 5.87. The van der Waals surface area contributed by atoms with Crippen LogP contribution in [0.1, 0.15) is 11.3 Å². The fraction of sp³-hybridized carbons (Fsp3) is 0.143. The summed E-state index contributed by atoms with van der Waals surface area (Å²) in [6.45, 7) is 0.623. The Morgan fingerprint density at radius 3 is 2.55 bits per heavy atom. The largest absolute Gasteiger partial charge is 0.381 e. The van der Waals surface area contributed by atoms with Gasteiger partial charge in [-0.15, -0.1) is 0 Å². The van der Waals surface area contributed by atoms with Gasteiger partial charge in [-0.05, 0) is 35.9 Å². The van der Waals surface area contributed by atoms with E-state index < -0.39 is 6.03 Å². The van der Waals surface area contributed by atoms with Gasteiger partial charge >= 0.3 is 6.03 Å². The van der Waals surface area contributed by atoms with Crippen molar-refractivity contribution in [2.75, 3.05) is 10.6 Å². The summed E-state index contributed by atoms with van der Waals surface area (Å²) in [5.74, 6) is 0. The Labute approximate surface area is 116 Å². The number of nitrogens with one attached hydrogen (secondary N) is 2. The number of hydrogen-bond donors (Lipinski definition) is 3. The number of nitriles is 1. The summed E-state index contributed by atoms with van der Waals surface area (Å²) in [6.07, 6.45) is 1.91.